The number of nitrogens with zero attached hydrogens (tertiary/aromatic N) is 1. The average Bonchev–Trinajstić information content (AvgIpc) is 2.39. The molecule has 1 N–H and O–H groups in total. The summed E-state index contributed by atoms with van der Waals surface area (Å²) in [5.41, 5.74) is 2.31. The van der Waals surface area contributed by atoms with E-state index in [1.165, 1.54) is 17.2 Å². The van der Waals surface area contributed by atoms with E-state index in [1.807, 2.05) is 18.7 Å². The molecule has 2 nitrogen and oxygen atoms in total. The standard InChI is InChI=1S/C14H21NOS/c1-3-14(16)12-4-6-13(7-5-12)15-8-9-17-10-11(15)2/h4-7,11,14,16H,3,8-10H2,1-2H3/t11?,14-/m0/s1. The fraction of sp³-hybridized carbons (Fsp3) is 0.571. The number of hydrogen-bond donors (Lipinski definition) is 1. The van der Waals surface area contributed by atoms with Gasteiger partial charge in [0, 0.05) is 29.8 Å². The van der Waals surface area contributed by atoms with Crippen LogP contribution in [0, 0.1) is 0 Å². The summed E-state index contributed by atoms with van der Waals surface area (Å²) in [5.74, 6) is 2.42. The minimum absolute atomic E-state index is 0.321. The zero-order valence-electron chi connectivity index (χ0n) is 10.6. The Morgan fingerprint density at radius 1 is 1.41 bits per heavy atom. The molecule has 1 heterocycles. The lowest BCUT2D eigenvalue weighted by molar-refractivity contribution is 0.173. The first-order chi connectivity index (χ1) is 8.22. The molecule has 1 aromatic carbocycles. The molecule has 1 aromatic rings. The van der Waals surface area contributed by atoms with Crippen LogP contribution in [0.15, 0.2) is 24.3 Å². The third-order valence-corrected chi connectivity index (χ3v) is 4.55. The Hall–Kier alpha value is -0.670. The van der Waals surface area contributed by atoms with E-state index >= 15 is 0 Å². The molecular formula is C14H21NOS. The summed E-state index contributed by atoms with van der Waals surface area (Å²) >= 11 is 2.03. The topological polar surface area (TPSA) is 23.5 Å². The largest absolute Gasteiger partial charge is 0.388 e. The first kappa shape index (κ1) is 12.8. The Morgan fingerprint density at radius 2 is 2.12 bits per heavy atom. The van der Waals surface area contributed by atoms with Crippen LogP contribution in [0.1, 0.15) is 31.9 Å². The predicted molar refractivity (Wildman–Crippen MR) is 75.8 cm³/mol. The van der Waals surface area contributed by atoms with Crippen molar-refractivity contribution in [2.24, 2.45) is 0 Å². The Morgan fingerprint density at radius 3 is 2.71 bits per heavy atom. The molecule has 0 spiro atoms. The summed E-state index contributed by atoms with van der Waals surface area (Å²) in [4.78, 5) is 2.46. The quantitative estimate of drug-likeness (QED) is 0.893. The van der Waals surface area contributed by atoms with Gasteiger partial charge in [0.2, 0.25) is 0 Å². The average molecular weight is 251 g/mol. The fourth-order valence-electron chi connectivity index (χ4n) is 2.23. The molecule has 1 aliphatic heterocycles. The van der Waals surface area contributed by atoms with Crippen molar-refractivity contribution in [3.8, 4) is 0 Å². The number of anilines is 1. The number of thioether (sulfide) groups is 1. The molecule has 2 rings (SSSR count). The molecular weight excluding hydrogens is 230 g/mol. The molecule has 0 aromatic heterocycles. The zero-order valence-corrected chi connectivity index (χ0v) is 11.4. The molecule has 0 aliphatic carbocycles. The van der Waals surface area contributed by atoms with Crippen LogP contribution < -0.4 is 4.90 Å². The first-order valence-electron chi connectivity index (χ1n) is 6.34. The minimum atomic E-state index is -0.321. The van der Waals surface area contributed by atoms with Crippen LogP contribution >= 0.6 is 11.8 Å². The molecule has 1 saturated heterocycles. The number of hydrogen-bond acceptors (Lipinski definition) is 3. The van der Waals surface area contributed by atoms with Crippen molar-refractivity contribution in [1.29, 1.82) is 0 Å². The van der Waals surface area contributed by atoms with E-state index < -0.39 is 0 Å². The second kappa shape index (κ2) is 5.78. The molecule has 2 atom stereocenters. The highest BCUT2D eigenvalue weighted by Crippen LogP contribution is 2.26. The van der Waals surface area contributed by atoms with Crippen molar-refractivity contribution in [1.82, 2.24) is 0 Å². The van der Waals surface area contributed by atoms with Gasteiger partial charge >= 0.3 is 0 Å². The molecule has 1 unspecified atom stereocenters. The highest BCUT2D eigenvalue weighted by molar-refractivity contribution is 7.99. The third-order valence-electron chi connectivity index (χ3n) is 3.36. The predicted octanol–water partition coefficient (Wildman–Crippen LogP) is 3.07. The van der Waals surface area contributed by atoms with Crippen LogP contribution in [-0.2, 0) is 0 Å². The maximum absolute atomic E-state index is 9.77. The van der Waals surface area contributed by atoms with Crippen molar-refractivity contribution < 1.29 is 5.11 Å². The molecule has 1 aliphatic rings. The smallest absolute Gasteiger partial charge is 0.0787 e. The number of rotatable bonds is 3. The molecule has 0 radical (unpaired) electrons. The highest BCUT2D eigenvalue weighted by atomic mass is 32.2. The molecule has 3 heteroatoms. The van der Waals surface area contributed by atoms with Crippen LogP contribution in [0.25, 0.3) is 0 Å². The van der Waals surface area contributed by atoms with E-state index in [0.717, 1.165) is 18.5 Å². The van der Waals surface area contributed by atoms with Crippen molar-refractivity contribution >= 4 is 17.4 Å². The van der Waals surface area contributed by atoms with Crippen LogP contribution in [0.3, 0.4) is 0 Å². The lowest BCUT2D eigenvalue weighted by Crippen LogP contribution is -2.40. The van der Waals surface area contributed by atoms with Gasteiger partial charge in [-0.3, -0.25) is 0 Å². The summed E-state index contributed by atoms with van der Waals surface area (Å²) in [7, 11) is 0. The summed E-state index contributed by atoms with van der Waals surface area (Å²) < 4.78 is 0. The molecule has 1 fully saturated rings. The Labute approximate surface area is 108 Å². The van der Waals surface area contributed by atoms with Gasteiger partial charge in [-0.15, -0.1) is 0 Å². The normalized spacial score (nSPS) is 22.5. The Bertz CT molecular complexity index is 352. The van der Waals surface area contributed by atoms with Crippen LogP contribution in [0.2, 0.25) is 0 Å². The second-order valence-corrected chi connectivity index (χ2v) is 5.78. The number of aliphatic hydroxyl groups is 1. The third kappa shape index (κ3) is 2.96. The van der Waals surface area contributed by atoms with E-state index in [2.05, 4.69) is 36.1 Å². The van der Waals surface area contributed by atoms with Crippen LogP contribution in [0.5, 0.6) is 0 Å². The maximum Gasteiger partial charge on any atom is 0.0787 e. The fourth-order valence-corrected chi connectivity index (χ4v) is 3.25. The summed E-state index contributed by atoms with van der Waals surface area (Å²) in [6.45, 7) is 5.41. The van der Waals surface area contributed by atoms with Gasteiger partial charge in [-0.1, -0.05) is 19.1 Å². The van der Waals surface area contributed by atoms with Gasteiger partial charge < -0.3 is 10.0 Å². The SMILES string of the molecule is CC[C@H](O)c1ccc(N2CCSCC2C)cc1. The zero-order chi connectivity index (χ0) is 12.3. The Balaban J connectivity index is 2.11. The van der Waals surface area contributed by atoms with Gasteiger partial charge in [-0.25, -0.2) is 0 Å². The minimum Gasteiger partial charge on any atom is -0.388 e. The Kier molecular flexibility index (Phi) is 4.35. The lowest BCUT2D eigenvalue weighted by Gasteiger charge is -2.35. The summed E-state index contributed by atoms with van der Waals surface area (Å²) in [6.07, 6.45) is 0.453. The van der Waals surface area contributed by atoms with E-state index in [1.54, 1.807) is 0 Å². The maximum atomic E-state index is 9.77. The second-order valence-electron chi connectivity index (χ2n) is 4.63. The summed E-state index contributed by atoms with van der Waals surface area (Å²) in [5, 5.41) is 9.77. The van der Waals surface area contributed by atoms with Gasteiger partial charge in [0.05, 0.1) is 6.10 Å². The van der Waals surface area contributed by atoms with Gasteiger partial charge in [0.25, 0.3) is 0 Å². The van der Waals surface area contributed by atoms with Crippen LogP contribution in [-0.4, -0.2) is 29.2 Å². The van der Waals surface area contributed by atoms with Gasteiger partial charge in [-0.2, -0.15) is 11.8 Å². The van der Waals surface area contributed by atoms with E-state index in [0.29, 0.717) is 6.04 Å². The monoisotopic (exact) mass is 251 g/mol. The van der Waals surface area contributed by atoms with E-state index in [-0.39, 0.29) is 6.10 Å². The number of aliphatic hydroxyl groups excluding tert-OH is 1. The first-order valence-corrected chi connectivity index (χ1v) is 7.50. The van der Waals surface area contributed by atoms with Crippen molar-refractivity contribution in [2.45, 2.75) is 32.4 Å². The van der Waals surface area contributed by atoms with Crippen molar-refractivity contribution in [3.63, 3.8) is 0 Å². The van der Waals surface area contributed by atoms with Crippen LogP contribution in [0.4, 0.5) is 5.69 Å². The van der Waals surface area contributed by atoms with E-state index in [9.17, 15) is 5.11 Å². The highest BCUT2D eigenvalue weighted by Gasteiger charge is 2.18. The lowest BCUT2D eigenvalue weighted by atomic mass is 10.1. The molecule has 94 valence electrons. The van der Waals surface area contributed by atoms with Gasteiger partial charge in [-0.05, 0) is 31.0 Å². The molecule has 0 saturated carbocycles. The molecule has 0 bridgehead atoms. The van der Waals surface area contributed by atoms with Crippen molar-refractivity contribution in [2.75, 3.05) is 23.0 Å². The van der Waals surface area contributed by atoms with E-state index in [4.69, 9.17) is 0 Å². The molecule has 0 amide bonds. The van der Waals surface area contributed by atoms with Gasteiger partial charge in [0.1, 0.15) is 0 Å². The molecule has 17 heavy (non-hydrogen) atoms. The van der Waals surface area contributed by atoms with Gasteiger partial charge in [0.15, 0.2) is 0 Å². The summed E-state index contributed by atoms with van der Waals surface area (Å²) in [6, 6.07) is 8.99. The van der Waals surface area contributed by atoms with Crippen molar-refractivity contribution in [3.05, 3.63) is 29.8 Å². The number of benzene rings is 1.